The first-order valence-corrected chi connectivity index (χ1v) is 13.5. The first-order chi connectivity index (χ1) is 16.5. The van der Waals surface area contributed by atoms with Gasteiger partial charge in [-0.1, -0.05) is 25.0 Å². The Hall–Kier alpha value is -2.21. The van der Waals surface area contributed by atoms with Gasteiger partial charge in [0, 0.05) is 24.1 Å². The predicted molar refractivity (Wildman–Crippen MR) is 132 cm³/mol. The Bertz CT molecular complexity index is 875. The number of imide groups is 1. The number of carbonyl (C=O) groups is 3. The Labute approximate surface area is 203 Å². The van der Waals surface area contributed by atoms with Crippen LogP contribution in [0.2, 0.25) is 0 Å². The van der Waals surface area contributed by atoms with Gasteiger partial charge < -0.3 is 10.6 Å². The topological polar surface area (TPSA) is 87.3 Å². The molecule has 1 aromatic carbocycles. The molecule has 6 rings (SSSR count). The Morgan fingerprint density at radius 1 is 0.912 bits per heavy atom. The molecule has 6 nitrogen and oxygen atoms in total. The molecule has 34 heavy (non-hydrogen) atoms. The third-order valence-electron chi connectivity index (χ3n) is 8.70. The summed E-state index contributed by atoms with van der Waals surface area (Å²) in [5.41, 5.74) is 2.09. The number of hydrogen-bond donors (Lipinski definition) is 3. The summed E-state index contributed by atoms with van der Waals surface area (Å²) in [7, 11) is 0. The van der Waals surface area contributed by atoms with Crippen molar-refractivity contribution >= 4 is 23.4 Å². The van der Waals surface area contributed by atoms with Gasteiger partial charge in [0.25, 0.3) is 0 Å². The summed E-state index contributed by atoms with van der Waals surface area (Å²) in [6.45, 7) is 1.12. The van der Waals surface area contributed by atoms with Crippen LogP contribution in [-0.4, -0.2) is 29.8 Å². The number of piperidine rings is 1. The minimum absolute atomic E-state index is 0.0421. The monoisotopic (exact) mass is 465 g/mol. The number of nitrogens with one attached hydrogen (secondary N) is 3. The van der Waals surface area contributed by atoms with Crippen LogP contribution in [0.25, 0.3) is 0 Å². The van der Waals surface area contributed by atoms with Gasteiger partial charge in [-0.05, 0) is 99.8 Å². The zero-order valence-electron chi connectivity index (χ0n) is 20.2. The number of hydrogen-bond acceptors (Lipinski definition) is 4. The van der Waals surface area contributed by atoms with Gasteiger partial charge in [-0.15, -0.1) is 0 Å². The largest absolute Gasteiger partial charge is 0.326 e. The molecule has 1 aromatic rings. The zero-order valence-corrected chi connectivity index (χ0v) is 20.2. The average Bonchev–Trinajstić information content (AvgIpc) is 2.78. The molecule has 5 aliphatic rings. The second kappa shape index (κ2) is 10.2. The van der Waals surface area contributed by atoms with Crippen LogP contribution < -0.4 is 16.0 Å². The van der Waals surface area contributed by atoms with Crippen LogP contribution in [0.3, 0.4) is 0 Å². The minimum Gasteiger partial charge on any atom is -0.326 e. The molecule has 1 saturated heterocycles. The van der Waals surface area contributed by atoms with Gasteiger partial charge in [-0.2, -0.15) is 0 Å². The van der Waals surface area contributed by atoms with Gasteiger partial charge in [0.05, 0.1) is 5.92 Å². The van der Waals surface area contributed by atoms with Crippen LogP contribution in [0.4, 0.5) is 5.69 Å². The van der Waals surface area contributed by atoms with Gasteiger partial charge in [0.2, 0.25) is 17.7 Å². The number of rotatable bonds is 10. The molecule has 5 fully saturated rings. The highest BCUT2D eigenvalue weighted by atomic mass is 16.2. The van der Waals surface area contributed by atoms with E-state index in [2.05, 4.69) is 16.0 Å². The van der Waals surface area contributed by atoms with Gasteiger partial charge in [-0.25, -0.2) is 0 Å². The van der Waals surface area contributed by atoms with E-state index in [0.29, 0.717) is 24.8 Å². The summed E-state index contributed by atoms with van der Waals surface area (Å²) in [5, 5.41) is 9.33. The molecule has 4 bridgehead atoms. The molecule has 4 saturated carbocycles. The number of carbonyl (C=O) groups excluding carboxylic acids is 3. The maximum absolute atomic E-state index is 12.3. The second-order valence-electron chi connectivity index (χ2n) is 11.5. The molecule has 4 aliphatic carbocycles. The molecule has 3 N–H and O–H groups in total. The number of amides is 3. The van der Waals surface area contributed by atoms with Crippen molar-refractivity contribution in [2.75, 3.05) is 11.9 Å². The number of benzene rings is 1. The van der Waals surface area contributed by atoms with Gasteiger partial charge in [0.15, 0.2) is 0 Å². The van der Waals surface area contributed by atoms with Crippen LogP contribution >= 0.6 is 0 Å². The molecule has 1 atom stereocenters. The fourth-order valence-electron chi connectivity index (χ4n) is 7.48. The third-order valence-corrected chi connectivity index (χ3v) is 8.70. The normalized spacial score (nSPS) is 32.0. The minimum atomic E-state index is -0.292. The summed E-state index contributed by atoms with van der Waals surface area (Å²) < 4.78 is 0. The number of unbranched alkanes of at least 4 members (excludes halogenated alkanes) is 3. The van der Waals surface area contributed by atoms with Gasteiger partial charge in [0.1, 0.15) is 0 Å². The summed E-state index contributed by atoms with van der Waals surface area (Å²) in [6.07, 6.45) is 14.5. The predicted octanol–water partition coefficient (Wildman–Crippen LogP) is 4.65. The molecule has 0 spiro atoms. The molecule has 6 heteroatoms. The van der Waals surface area contributed by atoms with Crippen LogP contribution in [0, 0.1) is 17.8 Å². The highest BCUT2D eigenvalue weighted by Crippen LogP contribution is 2.55. The van der Waals surface area contributed by atoms with Crippen LogP contribution in [0.1, 0.15) is 95.0 Å². The van der Waals surface area contributed by atoms with Crippen molar-refractivity contribution in [3.05, 3.63) is 29.8 Å². The average molecular weight is 466 g/mol. The van der Waals surface area contributed by atoms with E-state index >= 15 is 0 Å². The van der Waals surface area contributed by atoms with Crippen LogP contribution in [0.5, 0.6) is 0 Å². The van der Waals surface area contributed by atoms with Crippen molar-refractivity contribution < 1.29 is 14.4 Å². The molecular weight excluding hydrogens is 426 g/mol. The van der Waals surface area contributed by atoms with E-state index in [4.69, 9.17) is 0 Å². The lowest BCUT2D eigenvalue weighted by Gasteiger charge is -2.57. The van der Waals surface area contributed by atoms with Crippen molar-refractivity contribution in [2.24, 2.45) is 17.8 Å². The molecule has 1 aliphatic heterocycles. The van der Waals surface area contributed by atoms with E-state index in [-0.39, 0.29) is 23.6 Å². The first kappa shape index (κ1) is 23.5. The highest BCUT2D eigenvalue weighted by Gasteiger charge is 2.50. The van der Waals surface area contributed by atoms with Crippen molar-refractivity contribution in [1.82, 2.24) is 10.6 Å². The first-order valence-electron chi connectivity index (χ1n) is 13.5. The van der Waals surface area contributed by atoms with Crippen LogP contribution in [0.15, 0.2) is 24.3 Å². The summed E-state index contributed by atoms with van der Waals surface area (Å²) in [6, 6.07) is 7.42. The lowest BCUT2D eigenvalue weighted by atomic mass is 9.53. The molecule has 1 heterocycles. The molecule has 0 radical (unpaired) electrons. The smallest absolute Gasteiger partial charge is 0.234 e. The maximum atomic E-state index is 12.3. The Balaban J connectivity index is 0.955. The maximum Gasteiger partial charge on any atom is 0.234 e. The van der Waals surface area contributed by atoms with Crippen LogP contribution in [-0.2, 0) is 14.4 Å². The molecule has 0 aromatic heterocycles. The van der Waals surface area contributed by atoms with E-state index in [1.807, 2.05) is 24.3 Å². The fraction of sp³-hybridized carbons (Fsp3) is 0.679. The molecular formula is C28H39N3O3. The van der Waals surface area contributed by atoms with E-state index in [1.165, 1.54) is 51.4 Å². The molecule has 184 valence electrons. The summed E-state index contributed by atoms with van der Waals surface area (Å²) in [5.74, 6) is 2.29. The lowest BCUT2D eigenvalue weighted by Crippen LogP contribution is -2.58. The quantitative estimate of drug-likeness (QED) is 0.347. The zero-order chi connectivity index (χ0) is 23.5. The molecule has 3 amide bonds. The van der Waals surface area contributed by atoms with Crippen molar-refractivity contribution in [2.45, 2.75) is 94.9 Å². The van der Waals surface area contributed by atoms with Crippen molar-refractivity contribution in [1.29, 1.82) is 0 Å². The lowest BCUT2D eigenvalue weighted by molar-refractivity contribution is -0.134. The fourth-order valence-corrected chi connectivity index (χ4v) is 7.48. The van der Waals surface area contributed by atoms with Crippen molar-refractivity contribution in [3.63, 3.8) is 0 Å². The second-order valence-corrected chi connectivity index (χ2v) is 11.5. The third kappa shape index (κ3) is 5.54. The van der Waals surface area contributed by atoms with E-state index in [9.17, 15) is 14.4 Å². The van der Waals surface area contributed by atoms with Crippen molar-refractivity contribution in [3.8, 4) is 0 Å². The van der Waals surface area contributed by atoms with E-state index in [1.54, 1.807) is 0 Å². The summed E-state index contributed by atoms with van der Waals surface area (Å²) in [4.78, 5) is 35.6. The van der Waals surface area contributed by atoms with Gasteiger partial charge in [-0.3, -0.25) is 19.7 Å². The summed E-state index contributed by atoms with van der Waals surface area (Å²) >= 11 is 0. The van der Waals surface area contributed by atoms with Gasteiger partial charge >= 0.3 is 0 Å². The number of anilines is 1. The Morgan fingerprint density at radius 3 is 2.21 bits per heavy atom. The standard InChI is InChI=1S/C28H39N3O3/c32-25(30-23-8-6-22(7-9-23)24-10-11-26(33)31-27(24)34)5-3-1-2-4-12-29-28-16-19-13-20(17-28)15-21(14-19)18-28/h6-9,19-21,24,29H,1-5,10-18H2,(H,30,32)(H,31,33,34). The van der Waals surface area contributed by atoms with E-state index < -0.39 is 0 Å². The van der Waals surface area contributed by atoms with E-state index in [0.717, 1.165) is 48.4 Å². The molecule has 1 unspecified atom stereocenters. The highest BCUT2D eigenvalue weighted by molar-refractivity contribution is 6.01. The Morgan fingerprint density at radius 2 is 1.56 bits per heavy atom. The Kier molecular flexibility index (Phi) is 7.05. The SMILES string of the molecule is O=C1CCC(c2ccc(NC(=O)CCCCCCNC34CC5CC(CC(C5)C3)C4)cc2)C(=O)N1.